The van der Waals surface area contributed by atoms with Gasteiger partial charge < -0.3 is 10.3 Å². The maximum atomic E-state index is 11.9. The molecule has 64 heavy (non-hydrogen) atoms. The van der Waals surface area contributed by atoms with E-state index in [0.29, 0.717) is 27.1 Å². The number of carbonyl (C=O) groups is 1. The minimum absolute atomic E-state index is 0. The molecule has 339 valence electrons. The van der Waals surface area contributed by atoms with Crippen LogP contribution in [0.15, 0.2) is 70.9 Å². The molecule has 13 nitrogen and oxygen atoms in total. The number of aromatic nitrogens is 4. The van der Waals surface area contributed by atoms with Gasteiger partial charge in [-0.3, -0.25) is 0 Å². The van der Waals surface area contributed by atoms with E-state index >= 15 is 0 Å². The normalized spacial score (nSPS) is 14.0. The first-order valence-electron chi connectivity index (χ1n) is 21.1. The standard InChI is InChI=1S/C23H34BN3O4Si.C22H34BN3O3Si.B.Na.H/c1-16(31-32(7,8)23(2,3)4)21-26-20(14-27(21)5)18-11-9-17(10-12-18)13-19(22(28)30-6)25-15-24-29;1-16(29-30(6,7)22(2,3)4)21-25-20(13-26(21)5)18-10-8-17(9-11-18)12-19(14-27)24-15-23-28;;;/h9-12,14-16,19H,13H2,1-8H3;8-11,13,15-16,19,27H,12,14H2,1-7H3;;;/q;;;+1;-1. The Morgan fingerprint density at radius 1 is 0.750 bits per heavy atom. The van der Waals surface area contributed by atoms with E-state index in [1.54, 1.807) is 0 Å². The number of ether oxygens (including phenoxy) is 1. The van der Waals surface area contributed by atoms with Gasteiger partial charge in [-0.1, -0.05) is 41.5 Å². The summed E-state index contributed by atoms with van der Waals surface area (Å²) in [6.07, 6.45) is 7.04. The van der Waals surface area contributed by atoms with Gasteiger partial charge in [0.2, 0.25) is 0 Å². The molecule has 1 N–H and O–H groups in total. The third-order valence-electron chi connectivity index (χ3n) is 11.9. The van der Waals surface area contributed by atoms with E-state index in [4.69, 9.17) is 23.6 Å². The summed E-state index contributed by atoms with van der Waals surface area (Å²) in [4.78, 5) is 29.6. The number of aliphatic hydroxyl groups excluding tert-OH is 1. The zero-order valence-electron chi connectivity index (χ0n) is 42.2. The first kappa shape index (κ1) is 58.8. The molecule has 0 spiro atoms. The van der Waals surface area contributed by atoms with Crippen LogP contribution in [0.5, 0.6) is 0 Å². The molecule has 0 saturated heterocycles. The van der Waals surface area contributed by atoms with E-state index in [2.05, 4.69) is 91.6 Å². The van der Waals surface area contributed by atoms with Crippen LogP contribution < -0.4 is 29.6 Å². The molecular formula is C45H69B3N6NaO7Si2. The predicted octanol–water partition coefficient (Wildman–Crippen LogP) is 5.22. The summed E-state index contributed by atoms with van der Waals surface area (Å²) in [5.41, 5.74) is 5.73. The number of hydrogen-bond donors (Lipinski definition) is 1. The first-order valence-corrected chi connectivity index (χ1v) is 26.9. The van der Waals surface area contributed by atoms with Gasteiger partial charge in [-0.15, -0.1) is 0 Å². The van der Waals surface area contributed by atoms with Crippen molar-refractivity contribution in [3.63, 3.8) is 0 Å². The Morgan fingerprint density at radius 2 is 1.12 bits per heavy atom. The summed E-state index contributed by atoms with van der Waals surface area (Å²) in [7, 11) is 2.67. The van der Waals surface area contributed by atoms with Gasteiger partial charge in [-0.25, -0.2) is 0 Å². The average molecular weight is 918 g/mol. The molecule has 4 atom stereocenters. The van der Waals surface area contributed by atoms with E-state index in [9.17, 15) is 19.3 Å². The van der Waals surface area contributed by atoms with Crippen molar-refractivity contribution in [3.05, 3.63) is 83.7 Å². The number of methoxy groups -OCH3 is 1. The fourth-order valence-corrected chi connectivity index (χ4v) is 8.94. The minimum Gasteiger partial charge on any atom is -1.00 e. The molecule has 4 aromatic rings. The molecule has 3 radical (unpaired) electrons. The smallest absolute Gasteiger partial charge is 1.00 e. The van der Waals surface area contributed by atoms with Gasteiger partial charge in [0.1, 0.15) is 0 Å². The third-order valence-corrected chi connectivity index (χ3v) is 21.0. The Hall–Kier alpha value is -3.22. The molecule has 4 unspecified atom stereocenters. The summed E-state index contributed by atoms with van der Waals surface area (Å²) in [5.74, 6) is 1.34. The molecule has 0 fully saturated rings. The van der Waals surface area contributed by atoms with Crippen molar-refractivity contribution >= 4 is 57.5 Å². The van der Waals surface area contributed by atoms with Gasteiger partial charge in [0.15, 0.2) is 16.6 Å². The van der Waals surface area contributed by atoms with Crippen LogP contribution in [-0.2, 0) is 54.7 Å². The van der Waals surface area contributed by atoms with Crippen molar-refractivity contribution in [2.75, 3.05) is 13.7 Å². The largest absolute Gasteiger partial charge is 1.00 e. The van der Waals surface area contributed by atoms with Crippen LogP contribution in [0.4, 0.5) is 0 Å². The van der Waals surface area contributed by atoms with Crippen LogP contribution in [0.1, 0.15) is 91.8 Å². The molecule has 2 aromatic heterocycles. The predicted molar refractivity (Wildman–Crippen MR) is 261 cm³/mol. The quantitative estimate of drug-likeness (QED) is 0.0803. The van der Waals surface area contributed by atoms with Crippen molar-refractivity contribution in [2.45, 2.75) is 129 Å². The molecule has 0 aliphatic heterocycles. The molecule has 2 aromatic carbocycles. The number of carbonyl (C=O) groups excluding carboxylic acids is 1. The topological polar surface area (TPSA) is 159 Å². The molecule has 19 heteroatoms. The second-order valence-electron chi connectivity index (χ2n) is 18.8. The number of esters is 1. The van der Waals surface area contributed by atoms with E-state index in [0.717, 1.165) is 51.4 Å². The fourth-order valence-electron chi connectivity index (χ4n) is 6.25. The first-order chi connectivity index (χ1) is 28.9. The Kier molecular flexibility index (Phi) is 23.5. The summed E-state index contributed by atoms with van der Waals surface area (Å²) in [6, 6.07) is 14.8. The maximum absolute atomic E-state index is 11.9. The molecule has 0 aliphatic rings. The number of benzene rings is 2. The van der Waals surface area contributed by atoms with Crippen LogP contribution >= 0.6 is 0 Å². The van der Waals surface area contributed by atoms with E-state index in [-0.39, 0.29) is 74.3 Å². The number of nitrogens with zero attached hydrogens (tertiary/aromatic N) is 6. The second-order valence-corrected chi connectivity index (χ2v) is 28.3. The summed E-state index contributed by atoms with van der Waals surface area (Å²) in [5, 5.41) is 9.69. The van der Waals surface area contributed by atoms with Gasteiger partial charge >= 0.3 is 286 Å². The Labute approximate surface area is 410 Å². The number of rotatable bonds is 18. The molecule has 0 saturated carbocycles. The van der Waals surface area contributed by atoms with Crippen LogP contribution in [0, 0.1) is 0 Å². The van der Waals surface area contributed by atoms with E-state index < -0.39 is 28.6 Å². The second kappa shape index (κ2) is 25.6. The SMILES string of the molecule is CC(O[Si](C)(C)C(C)(C)C)c1nc(-c2ccc(CC(CO)N=CB=O)cc2)cn1C.COC(=O)C(Cc1ccc(-c2cn(C)c(C(C)O[Si](C)(C)C(C)(C)C)n2)cc1)N=CB=O.[B].[H-].[Na+]. The Morgan fingerprint density at radius 3 is 1.47 bits per heavy atom. The van der Waals surface area contributed by atoms with Gasteiger partial charge in [-0.05, 0) is 50.1 Å². The minimum atomic E-state index is -1.91. The zero-order chi connectivity index (χ0) is 46.6. The fraction of sp³-hybridized carbons (Fsp3) is 0.533. The number of aryl methyl sites for hydroxylation is 2. The number of hydrogen-bond acceptors (Lipinski definition) is 11. The number of aliphatic imine (C=N–C) groups is 2. The van der Waals surface area contributed by atoms with E-state index in [1.807, 2.05) is 84.2 Å². The van der Waals surface area contributed by atoms with Gasteiger partial charge in [-0.2, -0.15) is 0 Å². The monoisotopic (exact) mass is 917 g/mol. The molecular weight excluding hydrogens is 848 g/mol. The van der Waals surface area contributed by atoms with Crippen molar-refractivity contribution in [2.24, 2.45) is 24.1 Å². The maximum Gasteiger partial charge on any atom is 1.00 e. The van der Waals surface area contributed by atoms with Gasteiger partial charge in [0, 0.05) is 8.41 Å². The van der Waals surface area contributed by atoms with Crippen LogP contribution in [0.2, 0.25) is 36.3 Å². The Balaban J connectivity index is 0.00000121. The summed E-state index contributed by atoms with van der Waals surface area (Å²) < 4.78 is 42.9. The zero-order valence-corrected chi connectivity index (χ0v) is 45.2. The summed E-state index contributed by atoms with van der Waals surface area (Å²) in [6.45, 7) is 26.4. The van der Waals surface area contributed by atoms with Crippen LogP contribution in [0.25, 0.3) is 22.5 Å². The van der Waals surface area contributed by atoms with Crippen molar-refractivity contribution in [1.29, 1.82) is 0 Å². The van der Waals surface area contributed by atoms with Gasteiger partial charge in [0.25, 0.3) is 0 Å². The third kappa shape index (κ3) is 16.6. The van der Waals surface area contributed by atoms with Crippen LogP contribution in [-0.4, -0.2) is 108 Å². The van der Waals surface area contributed by atoms with Gasteiger partial charge in [0.05, 0.1) is 0 Å². The molecule has 0 amide bonds. The van der Waals surface area contributed by atoms with Crippen molar-refractivity contribution < 1.29 is 63.9 Å². The Bertz CT molecular complexity index is 2160. The van der Waals surface area contributed by atoms with Crippen LogP contribution in [0.3, 0.4) is 0 Å². The molecule has 0 aliphatic carbocycles. The summed E-state index contributed by atoms with van der Waals surface area (Å²) >= 11 is 0. The molecule has 4 rings (SSSR count). The van der Waals surface area contributed by atoms with Crippen molar-refractivity contribution in [3.8, 4) is 22.5 Å². The average Bonchev–Trinajstić information content (AvgIpc) is 3.79. The van der Waals surface area contributed by atoms with Crippen molar-refractivity contribution in [1.82, 2.24) is 19.1 Å². The molecule has 0 bridgehead atoms. The number of imidazole rings is 2. The van der Waals surface area contributed by atoms with E-state index in [1.165, 1.54) is 13.2 Å². The number of aliphatic hydroxyl groups is 1. The molecule has 2 heterocycles.